The molecule has 0 aliphatic heterocycles. The molecule has 1 aromatic heterocycles. The van der Waals surface area contributed by atoms with Crippen molar-refractivity contribution >= 4 is 5.91 Å². The molecule has 10 heteroatoms. The van der Waals surface area contributed by atoms with E-state index in [1.54, 1.807) is 13.0 Å². The predicted octanol–water partition coefficient (Wildman–Crippen LogP) is 3.96. The molecule has 3 rings (SSSR count). The average molecular weight is 435 g/mol. The van der Waals surface area contributed by atoms with Crippen molar-refractivity contribution in [2.45, 2.75) is 19.3 Å². The van der Waals surface area contributed by atoms with Crippen molar-refractivity contribution in [3.8, 4) is 28.4 Å². The minimum absolute atomic E-state index is 0.0504. The van der Waals surface area contributed by atoms with Crippen LogP contribution in [-0.2, 0) is 0 Å². The van der Waals surface area contributed by atoms with E-state index in [4.69, 9.17) is 5.11 Å². The van der Waals surface area contributed by atoms with Crippen LogP contribution in [0.2, 0.25) is 0 Å². The monoisotopic (exact) mass is 435 g/mol. The summed E-state index contributed by atoms with van der Waals surface area (Å²) in [5.41, 5.74) is 0.872. The van der Waals surface area contributed by atoms with Crippen LogP contribution in [0.5, 0.6) is 5.75 Å². The fourth-order valence-corrected chi connectivity index (χ4v) is 2.64. The first-order valence-electron chi connectivity index (χ1n) is 9.07. The number of rotatable bonds is 6. The van der Waals surface area contributed by atoms with Gasteiger partial charge in [-0.25, -0.2) is 14.4 Å². The molecule has 0 fully saturated rings. The van der Waals surface area contributed by atoms with Crippen LogP contribution < -0.4 is 10.1 Å². The van der Waals surface area contributed by atoms with Crippen LogP contribution in [0, 0.1) is 5.82 Å². The van der Waals surface area contributed by atoms with E-state index in [1.165, 1.54) is 36.4 Å². The third-order valence-electron chi connectivity index (χ3n) is 4.08. The summed E-state index contributed by atoms with van der Waals surface area (Å²) >= 11 is 0. The first-order valence-corrected chi connectivity index (χ1v) is 9.07. The van der Waals surface area contributed by atoms with Crippen LogP contribution in [0.1, 0.15) is 17.4 Å². The number of nitrogens with one attached hydrogen (secondary N) is 1. The zero-order chi connectivity index (χ0) is 22.6. The Morgan fingerprint density at radius 3 is 2.42 bits per heavy atom. The molecule has 0 aliphatic carbocycles. The zero-order valence-electron chi connectivity index (χ0n) is 16.2. The number of carbonyl (C=O) groups excluding carboxylic acids is 1. The van der Waals surface area contributed by atoms with Crippen molar-refractivity contribution in [2.24, 2.45) is 0 Å². The van der Waals surface area contributed by atoms with Crippen LogP contribution in [0.4, 0.5) is 17.6 Å². The summed E-state index contributed by atoms with van der Waals surface area (Å²) in [6.07, 6.45) is -4.82. The molecule has 2 N–H and O–H groups in total. The van der Waals surface area contributed by atoms with Crippen LogP contribution in [0.15, 0.2) is 54.6 Å². The number of ether oxygens (including phenoxy) is 1. The van der Waals surface area contributed by atoms with E-state index in [0.29, 0.717) is 11.1 Å². The molecule has 162 valence electrons. The molecule has 1 atom stereocenters. The molecule has 1 amide bonds. The van der Waals surface area contributed by atoms with Gasteiger partial charge in [0.2, 0.25) is 0 Å². The molecule has 0 aliphatic rings. The van der Waals surface area contributed by atoms with Crippen molar-refractivity contribution in [3.63, 3.8) is 0 Å². The molecule has 0 bridgehead atoms. The SMILES string of the molecule is C[C@H](CO)NC(=O)c1cc(-c2ccc(OC(F)(F)F)cc2)nc(-c2cccc(F)c2)n1. The molecule has 1 heterocycles. The number of aliphatic hydroxyl groups is 1. The quantitative estimate of drug-likeness (QED) is 0.573. The fourth-order valence-electron chi connectivity index (χ4n) is 2.64. The van der Waals surface area contributed by atoms with Gasteiger partial charge in [-0.15, -0.1) is 13.2 Å². The summed E-state index contributed by atoms with van der Waals surface area (Å²) in [6, 6.07) is 11.2. The van der Waals surface area contributed by atoms with Gasteiger partial charge in [0, 0.05) is 17.2 Å². The van der Waals surface area contributed by atoms with Gasteiger partial charge >= 0.3 is 6.36 Å². The molecule has 3 aromatic rings. The lowest BCUT2D eigenvalue weighted by Gasteiger charge is -2.13. The number of alkyl halides is 3. The number of carbonyl (C=O) groups is 1. The highest BCUT2D eigenvalue weighted by Crippen LogP contribution is 2.27. The topological polar surface area (TPSA) is 84.3 Å². The lowest BCUT2D eigenvalue weighted by atomic mass is 10.1. The molecule has 6 nitrogen and oxygen atoms in total. The largest absolute Gasteiger partial charge is 0.573 e. The van der Waals surface area contributed by atoms with Gasteiger partial charge in [-0.05, 0) is 49.4 Å². The van der Waals surface area contributed by atoms with Crippen molar-refractivity contribution in [2.75, 3.05) is 6.61 Å². The number of nitrogens with zero attached hydrogens (tertiary/aromatic N) is 2. The first-order chi connectivity index (χ1) is 14.6. The van der Waals surface area contributed by atoms with Gasteiger partial charge in [-0.2, -0.15) is 0 Å². The van der Waals surface area contributed by atoms with Gasteiger partial charge in [-0.1, -0.05) is 12.1 Å². The zero-order valence-corrected chi connectivity index (χ0v) is 16.2. The molecule has 0 saturated carbocycles. The summed E-state index contributed by atoms with van der Waals surface area (Å²) in [5, 5.41) is 11.7. The van der Waals surface area contributed by atoms with E-state index in [0.717, 1.165) is 12.1 Å². The average Bonchev–Trinajstić information content (AvgIpc) is 2.72. The van der Waals surface area contributed by atoms with Crippen molar-refractivity contribution in [1.29, 1.82) is 0 Å². The van der Waals surface area contributed by atoms with E-state index in [1.807, 2.05) is 0 Å². The molecular formula is C21H17F4N3O3. The smallest absolute Gasteiger partial charge is 0.406 e. The second kappa shape index (κ2) is 9.09. The second-order valence-corrected chi connectivity index (χ2v) is 6.60. The Morgan fingerprint density at radius 2 is 1.81 bits per heavy atom. The Morgan fingerprint density at radius 1 is 1.10 bits per heavy atom. The van der Waals surface area contributed by atoms with Crippen molar-refractivity contribution in [1.82, 2.24) is 15.3 Å². The lowest BCUT2D eigenvalue weighted by Crippen LogP contribution is -2.35. The Hall–Kier alpha value is -3.53. The van der Waals surface area contributed by atoms with E-state index in [2.05, 4.69) is 20.0 Å². The van der Waals surface area contributed by atoms with Crippen LogP contribution >= 0.6 is 0 Å². The molecule has 31 heavy (non-hydrogen) atoms. The van der Waals surface area contributed by atoms with Gasteiger partial charge in [0.05, 0.1) is 12.3 Å². The van der Waals surface area contributed by atoms with E-state index >= 15 is 0 Å². The summed E-state index contributed by atoms with van der Waals surface area (Å²) in [5.74, 6) is -1.49. The number of halogens is 4. The minimum atomic E-state index is -4.82. The predicted molar refractivity (Wildman–Crippen MR) is 104 cm³/mol. The Bertz CT molecular complexity index is 1070. The third kappa shape index (κ3) is 5.98. The maximum absolute atomic E-state index is 13.7. The fraction of sp³-hybridized carbons (Fsp3) is 0.190. The summed E-state index contributed by atoms with van der Waals surface area (Å²) in [7, 11) is 0. The highest BCUT2D eigenvalue weighted by atomic mass is 19.4. The van der Waals surface area contributed by atoms with Crippen LogP contribution in [-0.4, -0.2) is 40.0 Å². The minimum Gasteiger partial charge on any atom is -0.406 e. The number of hydrogen-bond acceptors (Lipinski definition) is 5. The van der Waals surface area contributed by atoms with E-state index < -0.39 is 29.9 Å². The molecule has 0 unspecified atom stereocenters. The second-order valence-electron chi connectivity index (χ2n) is 6.60. The number of aromatic nitrogens is 2. The first kappa shape index (κ1) is 22.2. The number of benzene rings is 2. The van der Waals surface area contributed by atoms with Crippen molar-refractivity contribution < 1.29 is 32.2 Å². The molecule has 0 spiro atoms. The summed E-state index contributed by atoms with van der Waals surface area (Å²) in [4.78, 5) is 21.0. The maximum Gasteiger partial charge on any atom is 0.573 e. The standard InChI is InChI=1S/C21H17F4N3O3/c1-12(11-29)26-20(30)18-10-17(13-5-7-16(8-6-13)31-21(23,24)25)27-19(28-18)14-3-2-4-15(22)9-14/h2-10,12,29H,11H2,1H3,(H,26,30)/t12-/m1/s1. The molecule has 0 saturated heterocycles. The number of hydrogen-bond donors (Lipinski definition) is 2. The Labute approximate surface area is 174 Å². The summed E-state index contributed by atoms with van der Waals surface area (Å²) in [6.45, 7) is 1.30. The van der Waals surface area contributed by atoms with Crippen molar-refractivity contribution in [3.05, 3.63) is 66.1 Å². The highest BCUT2D eigenvalue weighted by Gasteiger charge is 2.31. The van der Waals surface area contributed by atoms with Gasteiger partial charge in [0.25, 0.3) is 5.91 Å². The van der Waals surface area contributed by atoms with Gasteiger partial charge in [0.1, 0.15) is 17.3 Å². The molecule has 0 radical (unpaired) electrons. The lowest BCUT2D eigenvalue weighted by molar-refractivity contribution is -0.274. The van der Waals surface area contributed by atoms with E-state index in [9.17, 15) is 22.4 Å². The summed E-state index contributed by atoms with van der Waals surface area (Å²) < 4.78 is 54.7. The Balaban J connectivity index is 2.03. The number of amides is 1. The van der Waals surface area contributed by atoms with Crippen LogP contribution in [0.25, 0.3) is 22.6 Å². The number of aliphatic hydroxyl groups excluding tert-OH is 1. The maximum atomic E-state index is 13.7. The normalized spacial score (nSPS) is 12.3. The third-order valence-corrected chi connectivity index (χ3v) is 4.08. The van der Waals surface area contributed by atoms with Gasteiger partial charge in [-0.3, -0.25) is 4.79 Å². The van der Waals surface area contributed by atoms with Gasteiger partial charge in [0.15, 0.2) is 5.82 Å². The van der Waals surface area contributed by atoms with E-state index in [-0.39, 0.29) is 23.8 Å². The Kier molecular flexibility index (Phi) is 6.50. The molecular weight excluding hydrogens is 418 g/mol. The van der Waals surface area contributed by atoms with Crippen LogP contribution in [0.3, 0.4) is 0 Å². The van der Waals surface area contributed by atoms with Gasteiger partial charge < -0.3 is 15.2 Å². The highest BCUT2D eigenvalue weighted by molar-refractivity contribution is 5.94. The molecule has 2 aromatic carbocycles.